The summed E-state index contributed by atoms with van der Waals surface area (Å²) in [6.07, 6.45) is 4.46. The molecular weight excluding hydrogens is 280 g/mol. The van der Waals surface area contributed by atoms with Crippen molar-refractivity contribution < 1.29 is 4.79 Å². The number of piperidine rings is 1. The first-order valence-corrected chi connectivity index (χ1v) is 9.20. The summed E-state index contributed by atoms with van der Waals surface area (Å²) in [5.74, 6) is 1.61. The van der Waals surface area contributed by atoms with Gasteiger partial charge in [-0.25, -0.2) is 0 Å². The van der Waals surface area contributed by atoms with E-state index in [9.17, 15) is 4.79 Å². The van der Waals surface area contributed by atoms with Crippen LogP contribution in [0.15, 0.2) is 30.3 Å². The smallest absolute Gasteiger partial charge is 0.232 e. The van der Waals surface area contributed by atoms with Crippen molar-refractivity contribution in [2.24, 2.45) is 5.92 Å². The molecule has 3 fully saturated rings. The van der Waals surface area contributed by atoms with E-state index < -0.39 is 0 Å². The van der Waals surface area contributed by atoms with Crippen LogP contribution >= 0.6 is 11.8 Å². The minimum absolute atomic E-state index is 0.332. The maximum Gasteiger partial charge on any atom is 0.232 e. The third-order valence-electron chi connectivity index (χ3n) is 4.63. The van der Waals surface area contributed by atoms with Gasteiger partial charge in [0, 0.05) is 32.2 Å². The largest absolute Gasteiger partial charge is 0.337 e. The number of benzene rings is 1. The highest BCUT2D eigenvalue weighted by Crippen LogP contribution is 2.29. The first-order valence-electron chi connectivity index (χ1n) is 7.81. The number of fused-ring (bicyclic) bond motifs is 4. The van der Waals surface area contributed by atoms with Gasteiger partial charge in [0.1, 0.15) is 0 Å². The molecule has 2 atom stereocenters. The molecule has 114 valence electrons. The Hall–Kier alpha value is -1.00. The van der Waals surface area contributed by atoms with Crippen molar-refractivity contribution in [3.05, 3.63) is 35.9 Å². The van der Waals surface area contributed by atoms with Crippen molar-refractivity contribution in [1.82, 2.24) is 9.80 Å². The maximum atomic E-state index is 12.3. The minimum atomic E-state index is 0.332. The molecule has 1 aromatic carbocycles. The molecule has 3 aliphatic heterocycles. The highest BCUT2D eigenvalue weighted by atomic mass is 32.2. The Morgan fingerprint density at radius 1 is 1.19 bits per heavy atom. The van der Waals surface area contributed by atoms with E-state index in [0.717, 1.165) is 26.2 Å². The summed E-state index contributed by atoms with van der Waals surface area (Å²) in [5, 5.41) is 0. The van der Waals surface area contributed by atoms with Crippen LogP contribution in [-0.2, 0) is 11.3 Å². The van der Waals surface area contributed by atoms with Gasteiger partial charge < -0.3 is 4.90 Å². The molecule has 3 nitrogen and oxygen atoms in total. The predicted octanol–water partition coefficient (Wildman–Crippen LogP) is 2.47. The van der Waals surface area contributed by atoms with Crippen molar-refractivity contribution in [3.8, 4) is 0 Å². The number of hydrogen-bond acceptors (Lipinski definition) is 3. The fraction of sp³-hybridized carbons (Fsp3) is 0.588. The number of carbonyl (C=O) groups is 1. The monoisotopic (exact) mass is 304 g/mol. The van der Waals surface area contributed by atoms with Crippen LogP contribution in [0.2, 0.25) is 0 Å². The maximum absolute atomic E-state index is 12.3. The molecule has 0 radical (unpaired) electrons. The molecule has 1 aromatic rings. The lowest BCUT2D eigenvalue weighted by Gasteiger charge is -2.36. The van der Waals surface area contributed by atoms with E-state index in [1.165, 1.54) is 18.4 Å². The highest BCUT2D eigenvalue weighted by molar-refractivity contribution is 7.99. The van der Waals surface area contributed by atoms with Crippen molar-refractivity contribution in [3.63, 3.8) is 0 Å². The molecule has 0 N–H and O–H groups in total. The number of amides is 1. The van der Waals surface area contributed by atoms with E-state index in [-0.39, 0.29) is 0 Å². The number of thioether (sulfide) groups is 1. The van der Waals surface area contributed by atoms with Crippen molar-refractivity contribution in [1.29, 1.82) is 0 Å². The van der Waals surface area contributed by atoms with E-state index in [0.29, 0.717) is 23.6 Å². The van der Waals surface area contributed by atoms with Gasteiger partial charge in [-0.2, -0.15) is 11.8 Å². The fourth-order valence-electron chi connectivity index (χ4n) is 3.66. The lowest BCUT2D eigenvalue weighted by atomic mass is 9.95. The van der Waals surface area contributed by atoms with E-state index >= 15 is 0 Å². The van der Waals surface area contributed by atoms with Crippen LogP contribution in [0.1, 0.15) is 18.4 Å². The molecule has 3 saturated heterocycles. The Bertz CT molecular complexity index is 479. The average Bonchev–Trinajstić information content (AvgIpc) is 2.79. The molecule has 2 bridgehead atoms. The zero-order valence-corrected chi connectivity index (χ0v) is 13.5. The first kappa shape index (κ1) is 14.9. The third-order valence-corrected chi connectivity index (χ3v) is 5.16. The zero-order chi connectivity index (χ0) is 14.7. The molecule has 0 aromatic heterocycles. The van der Waals surface area contributed by atoms with Crippen LogP contribution in [0.4, 0.5) is 0 Å². The molecule has 0 spiro atoms. The minimum Gasteiger partial charge on any atom is -0.337 e. The summed E-state index contributed by atoms with van der Waals surface area (Å²) in [6.45, 7) is 4.15. The molecule has 3 heterocycles. The number of rotatable bonds is 4. The third kappa shape index (κ3) is 3.61. The lowest BCUT2D eigenvalue weighted by Crippen LogP contribution is -2.48. The first-order chi connectivity index (χ1) is 10.3. The van der Waals surface area contributed by atoms with Crippen LogP contribution in [0.3, 0.4) is 0 Å². The van der Waals surface area contributed by atoms with E-state index in [2.05, 4.69) is 40.1 Å². The highest BCUT2D eigenvalue weighted by Gasteiger charge is 2.36. The second-order valence-electron chi connectivity index (χ2n) is 6.26. The van der Waals surface area contributed by atoms with Gasteiger partial charge in [0.2, 0.25) is 5.91 Å². The van der Waals surface area contributed by atoms with Gasteiger partial charge in [0.25, 0.3) is 0 Å². The molecular formula is C17H24N2OS. The summed E-state index contributed by atoms with van der Waals surface area (Å²) in [5.41, 5.74) is 1.38. The van der Waals surface area contributed by atoms with Gasteiger partial charge in [-0.05, 0) is 30.6 Å². The average molecular weight is 304 g/mol. The lowest BCUT2D eigenvalue weighted by molar-refractivity contribution is -0.132. The SMILES string of the molecule is CSCC(=O)N1C[C@@H]2CC[C@H]1CN(Cc1ccccc1)C2. The van der Waals surface area contributed by atoms with E-state index in [1.807, 2.05) is 6.26 Å². The van der Waals surface area contributed by atoms with Crippen molar-refractivity contribution >= 4 is 17.7 Å². The molecule has 0 saturated carbocycles. The Morgan fingerprint density at radius 3 is 2.76 bits per heavy atom. The standard InChI is InChI=1S/C17H24N2OS/c1-21-13-17(20)19-11-15-7-8-16(19)12-18(10-15)9-14-5-3-2-4-6-14/h2-6,15-16H,7-13H2,1H3/t15-,16+/m1/s1. The summed E-state index contributed by atoms with van der Waals surface area (Å²) in [4.78, 5) is 17.0. The van der Waals surface area contributed by atoms with Gasteiger partial charge in [-0.3, -0.25) is 9.69 Å². The van der Waals surface area contributed by atoms with E-state index in [1.54, 1.807) is 11.8 Å². The Balaban J connectivity index is 1.67. The number of nitrogens with zero attached hydrogens (tertiary/aromatic N) is 2. The zero-order valence-electron chi connectivity index (χ0n) is 12.7. The van der Waals surface area contributed by atoms with Crippen molar-refractivity contribution in [2.75, 3.05) is 31.6 Å². The summed E-state index contributed by atoms with van der Waals surface area (Å²) in [6, 6.07) is 11.1. The Morgan fingerprint density at radius 2 is 2.00 bits per heavy atom. The molecule has 1 amide bonds. The van der Waals surface area contributed by atoms with Crippen LogP contribution in [0, 0.1) is 5.92 Å². The Labute approximate surface area is 131 Å². The molecule has 4 heteroatoms. The molecule has 0 unspecified atom stereocenters. The quantitative estimate of drug-likeness (QED) is 0.854. The fourth-order valence-corrected chi connectivity index (χ4v) is 4.07. The van der Waals surface area contributed by atoms with E-state index in [4.69, 9.17) is 0 Å². The Kier molecular flexibility index (Phi) is 4.86. The number of hydrogen-bond donors (Lipinski definition) is 0. The van der Waals surface area contributed by atoms with Crippen LogP contribution in [0.5, 0.6) is 0 Å². The van der Waals surface area contributed by atoms with Crippen molar-refractivity contribution in [2.45, 2.75) is 25.4 Å². The van der Waals surface area contributed by atoms with Gasteiger partial charge in [0.05, 0.1) is 5.75 Å². The molecule has 4 rings (SSSR count). The second kappa shape index (κ2) is 6.84. The van der Waals surface area contributed by atoms with Crippen LogP contribution in [-0.4, -0.2) is 53.4 Å². The van der Waals surface area contributed by atoms with Gasteiger partial charge in [0.15, 0.2) is 0 Å². The molecule has 3 aliphatic rings. The molecule has 21 heavy (non-hydrogen) atoms. The van der Waals surface area contributed by atoms with Crippen LogP contribution < -0.4 is 0 Å². The number of carbonyl (C=O) groups excluding carboxylic acids is 1. The topological polar surface area (TPSA) is 23.6 Å². The van der Waals surface area contributed by atoms with Crippen LogP contribution in [0.25, 0.3) is 0 Å². The second-order valence-corrected chi connectivity index (χ2v) is 7.12. The van der Waals surface area contributed by atoms with Gasteiger partial charge in [-0.15, -0.1) is 0 Å². The predicted molar refractivity (Wildman–Crippen MR) is 88.3 cm³/mol. The molecule has 0 aliphatic carbocycles. The van der Waals surface area contributed by atoms with Gasteiger partial charge >= 0.3 is 0 Å². The summed E-state index contributed by atoms with van der Waals surface area (Å²) < 4.78 is 0. The summed E-state index contributed by atoms with van der Waals surface area (Å²) >= 11 is 1.64. The normalized spacial score (nSPS) is 25.9. The summed E-state index contributed by atoms with van der Waals surface area (Å²) in [7, 11) is 0. The van der Waals surface area contributed by atoms with Gasteiger partial charge in [-0.1, -0.05) is 30.3 Å².